The van der Waals surface area contributed by atoms with Crippen LogP contribution in [0, 0.1) is 0 Å². The Morgan fingerprint density at radius 3 is 2.31 bits per heavy atom. The number of anilines is 2. The van der Waals surface area contributed by atoms with Gasteiger partial charge in [-0.3, -0.25) is 0 Å². The van der Waals surface area contributed by atoms with Crippen molar-refractivity contribution in [1.82, 2.24) is 19.9 Å². The van der Waals surface area contributed by atoms with Crippen molar-refractivity contribution < 1.29 is 22.3 Å². The molecule has 2 aliphatic rings. The maximum Gasteiger partial charge on any atom is 0.433 e. The molecule has 156 valence electrons. The molecule has 1 aliphatic heterocycles. The van der Waals surface area contributed by atoms with E-state index in [0.29, 0.717) is 32.5 Å². The van der Waals surface area contributed by atoms with E-state index in [1.54, 1.807) is 0 Å². The molecule has 1 saturated carbocycles. The minimum Gasteiger partial charge on any atom is -0.379 e. The molecule has 7 nitrogen and oxygen atoms in total. The Balaban J connectivity index is 1.65. The number of alkyl halides is 4. The van der Waals surface area contributed by atoms with E-state index in [0.717, 1.165) is 12.5 Å². The van der Waals surface area contributed by atoms with Gasteiger partial charge in [0.1, 0.15) is 17.6 Å². The lowest BCUT2D eigenvalue weighted by atomic mass is 10.2. The molecule has 2 N–H and O–H groups in total. The van der Waals surface area contributed by atoms with E-state index in [1.165, 1.54) is 12.1 Å². The second kappa shape index (κ2) is 8.05. The third kappa shape index (κ3) is 4.89. The Hall–Kier alpha value is -2.56. The fraction of sp³-hybridized carbons (Fsp3) is 0.556. The molecule has 0 amide bonds. The van der Waals surface area contributed by atoms with Crippen molar-refractivity contribution >= 4 is 11.9 Å². The number of hydrogen-bond acceptors (Lipinski definition) is 7. The topological polar surface area (TPSA) is 84.9 Å². The van der Waals surface area contributed by atoms with Crippen LogP contribution < -0.4 is 10.6 Å². The average Bonchev–Trinajstić information content (AvgIpc) is 3.33. The molecule has 1 saturated heterocycles. The van der Waals surface area contributed by atoms with Crippen molar-refractivity contribution in [3.63, 3.8) is 0 Å². The highest BCUT2D eigenvalue weighted by atomic mass is 19.4. The minimum absolute atomic E-state index is 0.00445. The highest BCUT2D eigenvalue weighted by Crippen LogP contribution is 2.29. The second-order valence-corrected chi connectivity index (χ2v) is 7.17. The van der Waals surface area contributed by atoms with Gasteiger partial charge in [-0.2, -0.15) is 28.1 Å². The fourth-order valence-electron chi connectivity index (χ4n) is 3.41. The zero-order chi connectivity index (χ0) is 20.4. The maximum atomic E-state index is 13.5. The Bertz CT molecular complexity index is 858. The fourth-order valence-corrected chi connectivity index (χ4v) is 3.41. The third-order valence-electron chi connectivity index (χ3n) is 4.87. The number of nitrogens with one attached hydrogen (secondary N) is 2. The van der Waals surface area contributed by atoms with Crippen molar-refractivity contribution in [3.05, 3.63) is 23.9 Å². The first kappa shape index (κ1) is 19.7. The maximum absolute atomic E-state index is 13.5. The predicted octanol–water partition coefficient (Wildman–Crippen LogP) is 3.46. The molecule has 2 aromatic heterocycles. The molecule has 2 aromatic rings. The summed E-state index contributed by atoms with van der Waals surface area (Å²) in [6, 6.07) is 3.40. The molecule has 1 aliphatic carbocycles. The van der Waals surface area contributed by atoms with Gasteiger partial charge in [0.15, 0.2) is 5.82 Å². The lowest BCUT2D eigenvalue weighted by Crippen LogP contribution is -2.23. The molecule has 0 bridgehead atoms. The molecule has 0 radical (unpaired) electrons. The lowest BCUT2D eigenvalue weighted by molar-refractivity contribution is -0.141. The number of ether oxygens (including phenoxy) is 1. The average molecular weight is 412 g/mol. The van der Waals surface area contributed by atoms with Crippen molar-refractivity contribution in [3.8, 4) is 11.5 Å². The van der Waals surface area contributed by atoms with Crippen LogP contribution in [0.3, 0.4) is 0 Å². The van der Waals surface area contributed by atoms with Gasteiger partial charge in [0.2, 0.25) is 11.9 Å². The summed E-state index contributed by atoms with van der Waals surface area (Å²) < 4.78 is 57.9. The SMILES string of the molecule is FC1CCC(Nc2nc(NC3CCOC3)nc(-c3cccc(C(F)(F)F)n3)n2)C1. The lowest BCUT2D eigenvalue weighted by Gasteiger charge is -2.16. The van der Waals surface area contributed by atoms with Crippen LogP contribution in [0.15, 0.2) is 18.2 Å². The van der Waals surface area contributed by atoms with Gasteiger partial charge < -0.3 is 15.4 Å². The normalized spacial score (nSPS) is 24.6. The zero-order valence-electron chi connectivity index (χ0n) is 15.4. The van der Waals surface area contributed by atoms with Crippen LogP contribution in [0.1, 0.15) is 31.4 Å². The van der Waals surface area contributed by atoms with Gasteiger partial charge in [-0.05, 0) is 37.8 Å². The third-order valence-corrected chi connectivity index (χ3v) is 4.87. The Labute approximate surface area is 164 Å². The molecular weight excluding hydrogens is 392 g/mol. The first-order valence-corrected chi connectivity index (χ1v) is 9.42. The Kier molecular flexibility index (Phi) is 5.48. The smallest absolute Gasteiger partial charge is 0.379 e. The number of nitrogens with zero attached hydrogens (tertiary/aromatic N) is 4. The van der Waals surface area contributed by atoms with Gasteiger partial charge in [-0.25, -0.2) is 9.37 Å². The molecule has 4 rings (SSSR count). The van der Waals surface area contributed by atoms with Crippen molar-refractivity contribution in [2.45, 2.75) is 50.1 Å². The van der Waals surface area contributed by atoms with Gasteiger partial charge in [0, 0.05) is 12.6 Å². The molecule has 3 unspecified atom stereocenters. The van der Waals surface area contributed by atoms with Crippen molar-refractivity contribution in [1.29, 1.82) is 0 Å². The molecule has 3 heterocycles. The van der Waals surface area contributed by atoms with Gasteiger partial charge in [-0.1, -0.05) is 6.07 Å². The summed E-state index contributed by atoms with van der Waals surface area (Å²) in [5, 5.41) is 6.19. The van der Waals surface area contributed by atoms with Crippen LogP contribution in [0.5, 0.6) is 0 Å². The van der Waals surface area contributed by atoms with Crippen molar-refractivity contribution in [2.24, 2.45) is 0 Å². The second-order valence-electron chi connectivity index (χ2n) is 7.17. The summed E-state index contributed by atoms with van der Waals surface area (Å²) >= 11 is 0. The first-order valence-electron chi connectivity index (χ1n) is 9.42. The molecule has 3 atom stereocenters. The molecular formula is C18H20F4N6O. The van der Waals surface area contributed by atoms with Gasteiger partial charge >= 0.3 is 6.18 Å². The number of pyridine rings is 1. The molecule has 0 spiro atoms. The number of halogens is 4. The first-order chi connectivity index (χ1) is 13.9. The molecule has 29 heavy (non-hydrogen) atoms. The highest BCUT2D eigenvalue weighted by Gasteiger charge is 2.33. The minimum atomic E-state index is -4.58. The Morgan fingerprint density at radius 2 is 1.69 bits per heavy atom. The summed E-state index contributed by atoms with van der Waals surface area (Å²) in [5.41, 5.74) is -1.05. The summed E-state index contributed by atoms with van der Waals surface area (Å²) in [7, 11) is 0. The van der Waals surface area contributed by atoms with Crippen LogP contribution in [0.4, 0.5) is 29.5 Å². The van der Waals surface area contributed by atoms with Gasteiger partial charge in [-0.15, -0.1) is 0 Å². The highest BCUT2D eigenvalue weighted by molar-refractivity contribution is 5.54. The monoisotopic (exact) mass is 412 g/mol. The van der Waals surface area contributed by atoms with Gasteiger partial charge in [0.05, 0.1) is 12.6 Å². The van der Waals surface area contributed by atoms with Crippen LogP contribution in [0.2, 0.25) is 0 Å². The number of hydrogen-bond donors (Lipinski definition) is 2. The van der Waals surface area contributed by atoms with E-state index in [2.05, 4.69) is 30.6 Å². The molecule has 2 fully saturated rings. The predicted molar refractivity (Wildman–Crippen MR) is 97.1 cm³/mol. The summed E-state index contributed by atoms with van der Waals surface area (Å²) in [6.07, 6.45) is -3.28. The quantitative estimate of drug-likeness (QED) is 0.728. The van der Waals surface area contributed by atoms with E-state index in [1.807, 2.05) is 0 Å². The van der Waals surface area contributed by atoms with Crippen molar-refractivity contribution in [2.75, 3.05) is 23.8 Å². The molecule has 11 heteroatoms. The molecule has 0 aromatic carbocycles. The summed E-state index contributed by atoms with van der Waals surface area (Å²) in [4.78, 5) is 16.4. The van der Waals surface area contributed by atoms with E-state index < -0.39 is 18.0 Å². The van der Waals surface area contributed by atoms with Gasteiger partial charge in [0.25, 0.3) is 0 Å². The van der Waals surface area contributed by atoms with E-state index >= 15 is 0 Å². The van der Waals surface area contributed by atoms with Crippen LogP contribution >= 0.6 is 0 Å². The Morgan fingerprint density at radius 1 is 0.931 bits per heavy atom. The largest absolute Gasteiger partial charge is 0.433 e. The number of aromatic nitrogens is 4. The standard InChI is InChI=1S/C18H20F4N6O/c19-10-4-5-11(8-10)23-16-26-15(13-2-1-3-14(25-13)18(20,21)22)27-17(28-16)24-12-6-7-29-9-12/h1-3,10-12H,4-9H2,(H2,23,24,26,27,28). The van der Waals surface area contributed by atoms with E-state index in [4.69, 9.17) is 4.74 Å². The van der Waals surface area contributed by atoms with Crippen LogP contribution in [-0.2, 0) is 10.9 Å². The summed E-state index contributed by atoms with van der Waals surface area (Å²) in [5.74, 6) is 0.390. The van der Waals surface area contributed by atoms with Crippen LogP contribution in [0.25, 0.3) is 11.5 Å². The van der Waals surface area contributed by atoms with E-state index in [9.17, 15) is 17.6 Å². The van der Waals surface area contributed by atoms with Crippen LogP contribution in [-0.4, -0.2) is 51.4 Å². The van der Waals surface area contributed by atoms with E-state index in [-0.39, 0.29) is 35.5 Å². The summed E-state index contributed by atoms with van der Waals surface area (Å²) in [6.45, 7) is 1.09. The zero-order valence-corrected chi connectivity index (χ0v) is 15.4. The number of rotatable bonds is 5.